The van der Waals surface area contributed by atoms with E-state index < -0.39 is 0 Å². The molecule has 1 atom stereocenters. The van der Waals surface area contributed by atoms with Crippen LogP contribution in [-0.4, -0.2) is 29.8 Å². The van der Waals surface area contributed by atoms with Gasteiger partial charge in [0.05, 0.1) is 6.57 Å². The van der Waals surface area contributed by atoms with Crippen LogP contribution in [0.4, 0.5) is 5.69 Å². The third-order valence-electron chi connectivity index (χ3n) is 4.24. The van der Waals surface area contributed by atoms with Gasteiger partial charge in [-0.15, -0.1) is 0 Å². The molecule has 0 spiro atoms. The minimum atomic E-state index is 0.299. The van der Waals surface area contributed by atoms with Crippen LogP contribution in [0.15, 0.2) is 24.3 Å². The Morgan fingerprint density at radius 1 is 1.48 bits per heavy atom. The molecule has 0 bridgehead atoms. The molecule has 1 saturated heterocycles. The molecule has 21 heavy (non-hydrogen) atoms. The zero-order chi connectivity index (χ0) is 15.2. The first kappa shape index (κ1) is 15.7. The molecule has 3 heteroatoms. The van der Waals surface area contributed by atoms with Gasteiger partial charge in [0.2, 0.25) is 0 Å². The predicted molar refractivity (Wildman–Crippen MR) is 85.5 cm³/mol. The average Bonchev–Trinajstić information content (AvgIpc) is 2.47. The van der Waals surface area contributed by atoms with E-state index in [2.05, 4.69) is 23.6 Å². The summed E-state index contributed by atoms with van der Waals surface area (Å²) in [4.78, 5) is 18.1. The van der Waals surface area contributed by atoms with E-state index in [0.29, 0.717) is 36.3 Å². The van der Waals surface area contributed by atoms with Gasteiger partial charge in [-0.05, 0) is 39.2 Å². The summed E-state index contributed by atoms with van der Waals surface area (Å²) in [5.74, 6) is 0.797. The maximum absolute atomic E-state index is 12.3. The summed E-state index contributed by atoms with van der Waals surface area (Å²) in [5.41, 5.74) is 1.58. The Labute approximate surface area is 127 Å². The molecule has 0 aliphatic carbocycles. The van der Waals surface area contributed by atoms with Crippen LogP contribution in [-0.2, 0) is 11.2 Å². The number of hydrogen-bond donors (Lipinski definition) is 0. The number of piperidine rings is 1. The van der Waals surface area contributed by atoms with Crippen molar-refractivity contribution in [3.8, 4) is 0 Å². The van der Waals surface area contributed by atoms with E-state index in [0.717, 1.165) is 25.1 Å². The molecule has 0 N–H and O–H groups in total. The van der Waals surface area contributed by atoms with Crippen LogP contribution in [0, 0.1) is 12.5 Å². The van der Waals surface area contributed by atoms with Crippen molar-refractivity contribution in [3.05, 3.63) is 41.2 Å². The third kappa shape index (κ3) is 4.68. The van der Waals surface area contributed by atoms with E-state index in [4.69, 9.17) is 6.57 Å². The Kier molecular flexibility index (Phi) is 5.52. The molecule has 0 amide bonds. The number of rotatable bonds is 5. The average molecular weight is 284 g/mol. The van der Waals surface area contributed by atoms with Gasteiger partial charge in [-0.25, -0.2) is 4.85 Å². The number of carbonyl (C=O) groups is 1. The van der Waals surface area contributed by atoms with Crippen LogP contribution in [0.25, 0.3) is 4.85 Å². The van der Waals surface area contributed by atoms with Crippen molar-refractivity contribution in [2.24, 2.45) is 5.92 Å². The van der Waals surface area contributed by atoms with E-state index in [-0.39, 0.29) is 0 Å². The predicted octanol–water partition coefficient (Wildman–Crippen LogP) is 3.86. The molecule has 112 valence electrons. The van der Waals surface area contributed by atoms with Gasteiger partial charge in [0.25, 0.3) is 0 Å². The van der Waals surface area contributed by atoms with Crippen LogP contribution in [0.2, 0.25) is 0 Å². The number of ketones is 1. The van der Waals surface area contributed by atoms with Gasteiger partial charge in [0, 0.05) is 25.4 Å². The quantitative estimate of drug-likeness (QED) is 0.767. The lowest BCUT2D eigenvalue weighted by Gasteiger charge is -2.35. The molecule has 1 aliphatic rings. The van der Waals surface area contributed by atoms with Gasteiger partial charge in [0.15, 0.2) is 5.69 Å². The van der Waals surface area contributed by atoms with Gasteiger partial charge in [-0.3, -0.25) is 4.79 Å². The molecular formula is C18H24N2O. The van der Waals surface area contributed by atoms with E-state index >= 15 is 0 Å². The van der Waals surface area contributed by atoms with Crippen LogP contribution in [0.5, 0.6) is 0 Å². The smallest absolute Gasteiger partial charge is 0.187 e. The summed E-state index contributed by atoms with van der Waals surface area (Å²) in [7, 11) is 0. The maximum Gasteiger partial charge on any atom is 0.187 e. The zero-order valence-corrected chi connectivity index (χ0v) is 13.0. The van der Waals surface area contributed by atoms with Crippen LogP contribution >= 0.6 is 0 Å². The van der Waals surface area contributed by atoms with Crippen LogP contribution < -0.4 is 0 Å². The van der Waals surface area contributed by atoms with E-state index in [1.54, 1.807) is 6.07 Å². The number of hydrogen-bond acceptors (Lipinski definition) is 2. The molecule has 0 saturated carbocycles. The Morgan fingerprint density at radius 2 is 2.29 bits per heavy atom. The summed E-state index contributed by atoms with van der Waals surface area (Å²) in [6, 6.07) is 7.97. The molecule has 1 aromatic carbocycles. The summed E-state index contributed by atoms with van der Waals surface area (Å²) in [6.07, 6.45) is 3.49. The van der Waals surface area contributed by atoms with Crippen molar-refractivity contribution in [3.63, 3.8) is 0 Å². The second-order valence-corrected chi connectivity index (χ2v) is 6.30. The largest absolute Gasteiger partial charge is 0.301 e. The molecule has 1 aromatic rings. The molecule has 3 nitrogen and oxygen atoms in total. The Morgan fingerprint density at radius 3 is 3.00 bits per heavy atom. The number of carbonyl (C=O) groups excluding carboxylic acids is 1. The molecule has 0 radical (unpaired) electrons. The van der Waals surface area contributed by atoms with Crippen molar-refractivity contribution in [1.29, 1.82) is 0 Å². The summed E-state index contributed by atoms with van der Waals surface area (Å²) >= 11 is 0. The number of likely N-dealkylation sites (tertiary alicyclic amines) is 1. The highest BCUT2D eigenvalue weighted by Crippen LogP contribution is 2.22. The lowest BCUT2D eigenvalue weighted by Crippen LogP contribution is -2.40. The van der Waals surface area contributed by atoms with Crippen molar-refractivity contribution >= 4 is 11.5 Å². The highest BCUT2D eigenvalue weighted by atomic mass is 16.1. The first-order valence-electron chi connectivity index (χ1n) is 7.80. The standard InChI is InChI=1S/C18H24N2O/c1-14(2)20-9-5-7-16(13-20)12-18(21)11-15-6-4-8-17(10-15)19-3/h4,6,8,10,14,16H,5,7,9,11-13H2,1-2H3/t16-/m0/s1. The maximum atomic E-state index is 12.3. The SMILES string of the molecule is [C-]#[N+]c1cccc(CC(=O)C[C@@H]2CCCN(C(C)C)C2)c1. The molecule has 0 unspecified atom stereocenters. The topological polar surface area (TPSA) is 24.7 Å². The highest BCUT2D eigenvalue weighted by Gasteiger charge is 2.23. The van der Waals surface area contributed by atoms with Crippen molar-refractivity contribution in [2.45, 2.75) is 45.6 Å². The fourth-order valence-corrected chi connectivity index (χ4v) is 3.09. The second kappa shape index (κ2) is 7.38. The molecule has 0 aromatic heterocycles. The molecule has 2 rings (SSSR count). The van der Waals surface area contributed by atoms with E-state index in [1.165, 1.54) is 6.42 Å². The molecule has 1 heterocycles. The van der Waals surface area contributed by atoms with Gasteiger partial charge in [-0.2, -0.15) is 0 Å². The zero-order valence-electron chi connectivity index (χ0n) is 13.0. The van der Waals surface area contributed by atoms with Crippen molar-refractivity contribution < 1.29 is 4.79 Å². The first-order valence-corrected chi connectivity index (χ1v) is 7.80. The van der Waals surface area contributed by atoms with Crippen molar-refractivity contribution in [2.75, 3.05) is 13.1 Å². The van der Waals surface area contributed by atoms with Gasteiger partial charge >= 0.3 is 0 Å². The minimum Gasteiger partial charge on any atom is -0.301 e. The van der Waals surface area contributed by atoms with E-state index in [9.17, 15) is 4.79 Å². The Bertz CT molecular complexity index is 530. The molecule has 1 fully saturated rings. The minimum absolute atomic E-state index is 0.299. The Hall–Kier alpha value is -1.66. The second-order valence-electron chi connectivity index (χ2n) is 6.30. The summed E-state index contributed by atoms with van der Waals surface area (Å²) < 4.78 is 0. The number of Topliss-reactive ketones (excluding diaryl/α,β-unsaturated/α-hetero) is 1. The fraction of sp³-hybridized carbons (Fsp3) is 0.556. The van der Waals surface area contributed by atoms with Gasteiger partial charge in [-0.1, -0.05) is 29.8 Å². The summed E-state index contributed by atoms with van der Waals surface area (Å²) in [6.45, 7) is 13.7. The number of benzene rings is 1. The lowest BCUT2D eigenvalue weighted by molar-refractivity contribution is -0.119. The highest BCUT2D eigenvalue weighted by molar-refractivity contribution is 5.81. The molecule has 1 aliphatic heterocycles. The van der Waals surface area contributed by atoms with Gasteiger partial charge < -0.3 is 4.90 Å². The normalized spacial score (nSPS) is 19.4. The summed E-state index contributed by atoms with van der Waals surface area (Å²) in [5, 5.41) is 0. The first-order chi connectivity index (χ1) is 10.1. The van der Waals surface area contributed by atoms with Crippen LogP contribution in [0.3, 0.4) is 0 Å². The Balaban J connectivity index is 1.88. The molecular weight excluding hydrogens is 260 g/mol. The fourth-order valence-electron chi connectivity index (χ4n) is 3.09. The third-order valence-corrected chi connectivity index (χ3v) is 4.24. The van der Waals surface area contributed by atoms with E-state index in [1.807, 2.05) is 18.2 Å². The van der Waals surface area contributed by atoms with Crippen molar-refractivity contribution in [1.82, 2.24) is 4.90 Å². The number of nitrogens with zero attached hydrogens (tertiary/aromatic N) is 2. The van der Waals surface area contributed by atoms with Crippen LogP contribution in [0.1, 0.15) is 38.7 Å². The van der Waals surface area contributed by atoms with Gasteiger partial charge in [0.1, 0.15) is 5.78 Å². The monoisotopic (exact) mass is 284 g/mol. The lowest BCUT2D eigenvalue weighted by atomic mass is 9.90.